The van der Waals surface area contributed by atoms with Gasteiger partial charge in [-0.1, -0.05) is 19.1 Å². The lowest BCUT2D eigenvalue weighted by molar-refractivity contribution is -0.121. The molecule has 0 fully saturated rings. The molecule has 0 atom stereocenters. The normalized spacial score (nSPS) is 9.58. The van der Waals surface area contributed by atoms with Crippen LogP contribution in [0.3, 0.4) is 0 Å². The highest BCUT2D eigenvalue weighted by atomic mass is 35.5. The van der Waals surface area contributed by atoms with Crippen molar-refractivity contribution in [3.8, 4) is 5.75 Å². The number of nitrogens with one attached hydrogen (secondary N) is 2. The van der Waals surface area contributed by atoms with Gasteiger partial charge in [-0.25, -0.2) is 0 Å². The molecule has 0 aromatic heterocycles. The van der Waals surface area contributed by atoms with Gasteiger partial charge in [-0.3, -0.25) is 4.79 Å². The van der Waals surface area contributed by atoms with E-state index in [-0.39, 0.29) is 18.3 Å². The zero-order valence-electron chi connectivity index (χ0n) is 11.6. The second kappa shape index (κ2) is 10.6. The van der Waals surface area contributed by atoms with E-state index in [0.717, 1.165) is 30.8 Å². The minimum atomic E-state index is 0. The summed E-state index contributed by atoms with van der Waals surface area (Å²) in [5.41, 5.74) is 1.15. The third kappa shape index (κ3) is 7.70. The number of carbonyl (C=O) groups excluding carboxylic acids is 1. The van der Waals surface area contributed by atoms with E-state index in [2.05, 4.69) is 10.6 Å². The molecule has 5 heteroatoms. The molecule has 108 valence electrons. The molecule has 0 saturated heterocycles. The van der Waals surface area contributed by atoms with Crippen LogP contribution < -0.4 is 15.4 Å². The quantitative estimate of drug-likeness (QED) is 0.716. The first-order valence-electron chi connectivity index (χ1n) is 6.36. The average Bonchev–Trinajstić information content (AvgIpc) is 2.42. The predicted octanol–water partition coefficient (Wildman–Crippen LogP) is 1.78. The van der Waals surface area contributed by atoms with Crippen LogP contribution in [0.25, 0.3) is 0 Å². The Kier molecular flexibility index (Phi) is 9.94. The summed E-state index contributed by atoms with van der Waals surface area (Å²) in [5.74, 6) is 0.942. The second-order valence-electron chi connectivity index (χ2n) is 4.05. The van der Waals surface area contributed by atoms with Crippen LogP contribution in [0, 0.1) is 0 Å². The SMILES string of the molecule is CCNCCNC(=O)CCc1ccc(OC)cc1.Cl. The van der Waals surface area contributed by atoms with Crippen molar-refractivity contribution < 1.29 is 9.53 Å². The first-order valence-corrected chi connectivity index (χ1v) is 6.36. The number of benzene rings is 1. The topological polar surface area (TPSA) is 50.4 Å². The van der Waals surface area contributed by atoms with Crippen molar-refractivity contribution >= 4 is 18.3 Å². The fourth-order valence-electron chi connectivity index (χ4n) is 1.61. The van der Waals surface area contributed by atoms with Gasteiger partial charge < -0.3 is 15.4 Å². The highest BCUT2D eigenvalue weighted by molar-refractivity contribution is 5.85. The molecule has 2 N–H and O–H groups in total. The predicted molar refractivity (Wildman–Crippen MR) is 80.1 cm³/mol. The second-order valence-corrected chi connectivity index (χ2v) is 4.05. The highest BCUT2D eigenvalue weighted by Gasteiger charge is 2.01. The van der Waals surface area contributed by atoms with E-state index in [1.807, 2.05) is 31.2 Å². The molecule has 0 aliphatic rings. The Morgan fingerprint density at radius 2 is 1.89 bits per heavy atom. The number of likely N-dealkylation sites (N-methyl/N-ethyl adjacent to an activating group) is 1. The Morgan fingerprint density at radius 3 is 2.47 bits per heavy atom. The van der Waals surface area contributed by atoms with Crippen molar-refractivity contribution in [2.75, 3.05) is 26.7 Å². The van der Waals surface area contributed by atoms with Crippen LogP contribution >= 0.6 is 12.4 Å². The van der Waals surface area contributed by atoms with E-state index in [0.29, 0.717) is 13.0 Å². The number of ether oxygens (including phenoxy) is 1. The largest absolute Gasteiger partial charge is 0.497 e. The number of methoxy groups -OCH3 is 1. The van der Waals surface area contributed by atoms with Crippen LogP contribution in [0.15, 0.2) is 24.3 Å². The molecule has 4 nitrogen and oxygen atoms in total. The van der Waals surface area contributed by atoms with Gasteiger partial charge in [0.25, 0.3) is 0 Å². The third-order valence-corrected chi connectivity index (χ3v) is 2.67. The Balaban J connectivity index is 0.00000324. The van der Waals surface area contributed by atoms with Gasteiger partial charge in [-0.15, -0.1) is 12.4 Å². The van der Waals surface area contributed by atoms with Gasteiger partial charge in [0.1, 0.15) is 5.75 Å². The number of aryl methyl sites for hydroxylation is 1. The van der Waals surface area contributed by atoms with Crippen molar-refractivity contribution in [1.82, 2.24) is 10.6 Å². The van der Waals surface area contributed by atoms with Crippen molar-refractivity contribution in [3.63, 3.8) is 0 Å². The lowest BCUT2D eigenvalue weighted by Crippen LogP contribution is -2.31. The van der Waals surface area contributed by atoms with Crippen molar-refractivity contribution in [2.45, 2.75) is 19.8 Å². The summed E-state index contributed by atoms with van der Waals surface area (Å²) >= 11 is 0. The molecular formula is C14H23ClN2O2. The molecule has 0 heterocycles. The Bertz CT molecular complexity index is 355. The van der Waals surface area contributed by atoms with Crippen LogP contribution in [0.4, 0.5) is 0 Å². The van der Waals surface area contributed by atoms with Crippen molar-refractivity contribution in [3.05, 3.63) is 29.8 Å². The van der Waals surface area contributed by atoms with Crippen LogP contribution in [0.1, 0.15) is 18.9 Å². The van der Waals surface area contributed by atoms with Gasteiger partial charge in [-0.2, -0.15) is 0 Å². The van der Waals surface area contributed by atoms with Gasteiger partial charge in [0.15, 0.2) is 0 Å². The zero-order valence-corrected chi connectivity index (χ0v) is 12.4. The molecule has 0 aliphatic carbocycles. The fourth-order valence-corrected chi connectivity index (χ4v) is 1.61. The molecule has 0 saturated carbocycles. The summed E-state index contributed by atoms with van der Waals surface area (Å²) in [6.07, 6.45) is 1.29. The van der Waals surface area contributed by atoms with Crippen LogP contribution in [-0.2, 0) is 11.2 Å². The summed E-state index contributed by atoms with van der Waals surface area (Å²) < 4.78 is 5.08. The molecule has 1 aromatic carbocycles. The summed E-state index contributed by atoms with van der Waals surface area (Å²) in [4.78, 5) is 11.5. The van der Waals surface area contributed by atoms with E-state index < -0.39 is 0 Å². The molecule has 1 amide bonds. The minimum Gasteiger partial charge on any atom is -0.497 e. The van der Waals surface area contributed by atoms with E-state index in [1.54, 1.807) is 7.11 Å². The first-order chi connectivity index (χ1) is 8.76. The summed E-state index contributed by atoms with van der Waals surface area (Å²) in [6, 6.07) is 7.81. The van der Waals surface area contributed by atoms with Gasteiger partial charge >= 0.3 is 0 Å². The van der Waals surface area contributed by atoms with E-state index >= 15 is 0 Å². The number of amides is 1. The molecular weight excluding hydrogens is 264 g/mol. The molecule has 0 bridgehead atoms. The molecule has 0 aliphatic heterocycles. The lowest BCUT2D eigenvalue weighted by Gasteiger charge is -2.06. The van der Waals surface area contributed by atoms with Crippen LogP contribution in [0.2, 0.25) is 0 Å². The third-order valence-electron chi connectivity index (χ3n) is 2.67. The number of hydrogen-bond acceptors (Lipinski definition) is 3. The Labute approximate surface area is 121 Å². The maximum absolute atomic E-state index is 11.5. The number of halogens is 1. The first kappa shape index (κ1) is 17.7. The van der Waals surface area contributed by atoms with Crippen molar-refractivity contribution in [1.29, 1.82) is 0 Å². The minimum absolute atomic E-state index is 0. The molecule has 19 heavy (non-hydrogen) atoms. The van der Waals surface area contributed by atoms with Gasteiger partial charge in [0.2, 0.25) is 5.91 Å². The van der Waals surface area contributed by atoms with Crippen LogP contribution in [0.5, 0.6) is 5.75 Å². The smallest absolute Gasteiger partial charge is 0.220 e. The van der Waals surface area contributed by atoms with Gasteiger partial charge in [0.05, 0.1) is 7.11 Å². The molecule has 0 radical (unpaired) electrons. The standard InChI is InChI=1S/C14H22N2O2.ClH/c1-3-15-10-11-16-14(17)9-6-12-4-7-13(18-2)8-5-12;/h4-5,7-8,15H,3,6,9-11H2,1-2H3,(H,16,17);1H. The number of hydrogen-bond donors (Lipinski definition) is 2. The van der Waals surface area contributed by atoms with E-state index in [9.17, 15) is 4.79 Å². The molecule has 0 spiro atoms. The maximum Gasteiger partial charge on any atom is 0.220 e. The zero-order chi connectivity index (χ0) is 13.2. The fraction of sp³-hybridized carbons (Fsp3) is 0.500. The molecule has 1 rings (SSSR count). The van der Waals surface area contributed by atoms with E-state index in [1.165, 1.54) is 0 Å². The summed E-state index contributed by atoms with van der Waals surface area (Å²) in [7, 11) is 1.65. The number of rotatable bonds is 8. The monoisotopic (exact) mass is 286 g/mol. The summed E-state index contributed by atoms with van der Waals surface area (Å²) in [5, 5.41) is 6.05. The van der Waals surface area contributed by atoms with Gasteiger partial charge in [-0.05, 0) is 30.7 Å². The Hall–Kier alpha value is -1.26. The highest BCUT2D eigenvalue weighted by Crippen LogP contribution is 2.12. The lowest BCUT2D eigenvalue weighted by atomic mass is 10.1. The average molecular weight is 287 g/mol. The van der Waals surface area contributed by atoms with Crippen LogP contribution in [-0.4, -0.2) is 32.7 Å². The Morgan fingerprint density at radius 1 is 1.21 bits per heavy atom. The number of carbonyl (C=O) groups is 1. The summed E-state index contributed by atoms with van der Waals surface area (Å²) in [6.45, 7) is 4.49. The van der Waals surface area contributed by atoms with Crippen molar-refractivity contribution in [2.24, 2.45) is 0 Å². The van der Waals surface area contributed by atoms with E-state index in [4.69, 9.17) is 4.74 Å². The van der Waals surface area contributed by atoms with Gasteiger partial charge in [0, 0.05) is 19.5 Å². The molecule has 1 aromatic rings. The molecule has 0 unspecified atom stereocenters. The maximum atomic E-state index is 11.5.